The summed E-state index contributed by atoms with van der Waals surface area (Å²) in [5.41, 5.74) is 2.22. The molecule has 0 aliphatic carbocycles. The van der Waals surface area contributed by atoms with Crippen molar-refractivity contribution in [3.8, 4) is 18.2 Å². The van der Waals surface area contributed by atoms with Crippen LogP contribution in [-0.2, 0) is 46.3 Å². The number of pyridine rings is 2. The zero-order valence-corrected chi connectivity index (χ0v) is 19.3. The van der Waals surface area contributed by atoms with Crippen LogP contribution in [0.15, 0.2) is 58.5 Å². The molecule has 4 aromatic rings. The molecule has 0 N–H and O–H groups in total. The Morgan fingerprint density at radius 1 is 0.774 bits per heavy atom. The minimum absolute atomic E-state index is 0. The second-order valence-corrected chi connectivity index (χ2v) is 6.64. The average Bonchev–Trinajstić information content (AvgIpc) is 2.81. The van der Waals surface area contributed by atoms with Crippen LogP contribution < -0.4 is 0 Å². The third-order valence-corrected chi connectivity index (χ3v) is 4.84. The number of hydrogen-bond donors (Lipinski definition) is 0. The average molecular weight is 616 g/mol. The van der Waals surface area contributed by atoms with Gasteiger partial charge in [-0.15, -0.1) is 4.91 Å². The van der Waals surface area contributed by atoms with E-state index in [2.05, 4.69) is 52.2 Å². The van der Waals surface area contributed by atoms with E-state index in [4.69, 9.17) is 22.4 Å². The smallest absolute Gasteiger partial charge is 0.812 e. The Morgan fingerprint density at radius 2 is 1.19 bits per heavy atom. The molecule has 0 aliphatic heterocycles. The summed E-state index contributed by atoms with van der Waals surface area (Å²) in [7, 11) is 0. The van der Waals surface area contributed by atoms with E-state index < -0.39 is 0 Å². The largest absolute Gasteiger partial charge is 2.00 e. The van der Waals surface area contributed by atoms with Gasteiger partial charge in [0.15, 0.2) is 0 Å². The summed E-state index contributed by atoms with van der Waals surface area (Å²) in [6.45, 7) is 6.29. The van der Waals surface area contributed by atoms with E-state index in [9.17, 15) is 0 Å². The van der Waals surface area contributed by atoms with E-state index in [1.807, 2.05) is 36.4 Å². The number of hydrogen-bond acceptors (Lipinski definition) is 7. The Kier molecular flexibility index (Phi) is 7.93. The molecule has 0 bridgehead atoms. The minimum Gasteiger partial charge on any atom is -0.812 e. The van der Waals surface area contributed by atoms with Crippen molar-refractivity contribution >= 4 is 57.8 Å². The summed E-state index contributed by atoms with van der Waals surface area (Å²) in [5.74, 6) is 0. The second-order valence-electron chi connectivity index (χ2n) is 5.85. The summed E-state index contributed by atoms with van der Waals surface area (Å²) in [6.07, 6.45) is 0. The summed E-state index contributed by atoms with van der Waals surface area (Å²) in [6, 6.07) is 20.9. The van der Waals surface area contributed by atoms with Crippen LogP contribution >= 0.6 is 0 Å². The van der Waals surface area contributed by atoms with E-state index in [0.717, 1.165) is 32.6 Å². The van der Waals surface area contributed by atoms with Gasteiger partial charge in [-0.2, -0.15) is 15.8 Å². The number of rotatable bonds is 0. The third kappa shape index (κ3) is 4.92. The van der Waals surface area contributed by atoms with Gasteiger partial charge in [0, 0.05) is 21.2 Å². The molecule has 2 heterocycles. The Labute approximate surface area is 203 Å². The first-order valence-electron chi connectivity index (χ1n) is 8.31. The molecular formula is C22H8N6PtS2. The number of nitrogens with zero attached hydrogens (tertiary/aromatic N) is 6. The maximum Gasteiger partial charge on any atom is 2.00 e. The fourth-order valence-electron chi connectivity index (χ4n) is 2.80. The maximum absolute atomic E-state index is 9.09. The molecule has 0 aliphatic rings. The number of fused-ring (bicyclic) bond motifs is 5. The molecule has 0 saturated heterocycles. The molecule has 31 heavy (non-hydrogen) atoms. The van der Waals surface area contributed by atoms with Gasteiger partial charge in [-0.25, -0.2) is 9.97 Å². The van der Waals surface area contributed by atoms with Gasteiger partial charge in [-0.1, -0.05) is 24.3 Å². The summed E-state index contributed by atoms with van der Waals surface area (Å²) in [4.78, 5) is 11.6. The van der Waals surface area contributed by atoms with Crippen molar-refractivity contribution in [1.82, 2.24) is 9.97 Å². The zero-order valence-electron chi connectivity index (χ0n) is 15.4. The Hall–Kier alpha value is -3.65. The van der Waals surface area contributed by atoms with Crippen molar-refractivity contribution in [1.29, 1.82) is 15.8 Å². The topological polar surface area (TPSA) is 102 Å². The fourth-order valence-corrected chi connectivity index (χ4v) is 2.89. The van der Waals surface area contributed by atoms with E-state index in [1.54, 1.807) is 18.2 Å². The zero-order chi connectivity index (χ0) is 21.7. The molecule has 2 aromatic heterocycles. The molecule has 0 unspecified atom stereocenters. The molecule has 0 amide bonds. The Bertz CT molecular complexity index is 1410. The number of nitriles is 3. The fraction of sp³-hybridized carbons (Fsp3) is 0. The van der Waals surface area contributed by atoms with Crippen LogP contribution in [0, 0.1) is 40.6 Å². The molecule has 2 aromatic carbocycles. The SMILES string of the molecule is N#Cc1ccc2ccc3ccc4ccc(C#N)nc4c3c2n1.[C-]#[N+]/C([S-])=C(/[S-])C#N.[Pt+2]. The van der Waals surface area contributed by atoms with Gasteiger partial charge in [-0.05, 0) is 29.7 Å². The van der Waals surface area contributed by atoms with Crippen LogP contribution in [0.5, 0.6) is 0 Å². The van der Waals surface area contributed by atoms with E-state index in [0.29, 0.717) is 11.4 Å². The van der Waals surface area contributed by atoms with Crippen LogP contribution in [0.1, 0.15) is 11.4 Å². The monoisotopic (exact) mass is 615 g/mol. The molecular weight excluding hydrogens is 607 g/mol. The van der Waals surface area contributed by atoms with Crippen molar-refractivity contribution in [2.24, 2.45) is 0 Å². The first-order valence-corrected chi connectivity index (χ1v) is 9.13. The van der Waals surface area contributed by atoms with Crippen molar-refractivity contribution in [3.63, 3.8) is 0 Å². The van der Waals surface area contributed by atoms with Gasteiger partial charge in [0.25, 0.3) is 0 Å². The standard InChI is InChI=1S/C18H8N4.C4H2N2S2.Pt/c19-9-14-7-5-12-3-1-11-2-4-13-6-8-15(10-20)22-18(13)16(11)17(12)21-14;1-6-4(8)3(7)2-5;/h1-8H;7-8H;/q;;+2/p-2/b;4-3-;. The number of aromatic nitrogens is 2. The van der Waals surface area contributed by atoms with Gasteiger partial charge in [0.2, 0.25) is 0 Å². The predicted molar refractivity (Wildman–Crippen MR) is 118 cm³/mol. The predicted octanol–water partition coefficient (Wildman–Crippen LogP) is 4.37. The molecule has 4 rings (SSSR count). The van der Waals surface area contributed by atoms with Crippen LogP contribution in [0.25, 0.3) is 37.4 Å². The molecule has 9 heteroatoms. The van der Waals surface area contributed by atoms with Gasteiger partial charge < -0.3 is 25.3 Å². The van der Waals surface area contributed by atoms with E-state index >= 15 is 0 Å². The molecule has 0 saturated carbocycles. The van der Waals surface area contributed by atoms with Gasteiger partial charge in [-0.3, -0.25) is 4.85 Å². The molecule has 0 spiro atoms. The molecule has 0 fully saturated rings. The van der Waals surface area contributed by atoms with E-state index in [-0.39, 0.29) is 31.0 Å². The normalized spacial score (nSPS) is 10.3. The summed E-state index contributed by atoms with van der Waals surface area (Å²) in [5, 5.41) is 29.8. The maximum atomic E-state index is 9.09. The van der Waals surface area contributed by atoms with Gasteiger partial charge in [0.1, 0.15) is 23.5 Å². The van der Waals surface area contributed by atoms with Crippen LogP contribution in [0.3, 0.4) is 0 Å². The van der Waals surface area contributed by atoms with Crippen molar-refractivity contribution in [2.75, 3.05) is 0 Å². The third-order valence-electron chi connectivity index (χ3n) is 4.13. The molecule has 0 atom stereocenters. The van der Waals surface area contributed by atoms with E-state index in [1.165, 1.54) is 0 Å². The van der Waals surface area contributed by atoms with Crippen molar-refractivity contribution in [3.05, 3.63) is 81.3 Å². The molecule has 0 radical (unpaired) electrons. The van der Waals surface area contributed by atoms with Crippen LogP contribution in [-0.4, -0.2) is 9.97 Å². The first-order chi connectivity index (χ1) is 14.5. The first kappa shape index (κ1) is 23.6. The summed E-state index contributed by atoms with van der Waals surface area (Å²) < 4.78 is 0. The van der Waals surface area contributed by atoms with Crippen molar-refractivity contribution in [2.45, 2.75) is 0 Å². The van der Waals surface area contributed by atoms with Crippen LogP contribution in [0.2, 0.25) is 0 Å². The molecule has 148 valence electrons. The van der Waals surface area contributed by atoms with Crippen molar-refractivity contribution < 1.29 is 21.1 Å². The van der Waals surface area contributed by atoms with Gasteiger partial charge in [0.05, 0.1) is 23.7 Å². The summed E-state index contributed by atoms with van der Waals surface area (Å²) >= 11 is 8.72. The van der Waals surface area contributed by atoms with Crippen LogP contribution in [0.4, 0.5) is 0 Å². The Morgan fingerprint density at radius 3 is 1.55 bits per heavy atom. The van der Waals surface area contributed by atoms with Gasteiger partial charge >= 0.3 is 21.1 Å². The molecule has 6 nitrogen and oxygen atoms in total. The quantitative estimate of drug-likeness (QED) is 0.125. The Balaban J connectivity index is 0.000000329. The minimum atomic E-state index is -0.123. The number of allylic oxidation sites excluding steroid dienone is 1. The second kappa shape index (κ2) is 10.4. The number of benzene rings is 2.